The topological polar surface area (TPSA) is 65.3 Å². The first kappa shape index (κ1) is 17.3. The summed E-state index contributed by atoms with van der Waals surface area (Å²) in [7, 11) is 0. The summed E-state index contributed by atoms with van der Waals surface area (Å²) in [5.74, 6) is 0. The minimum Gasteiger partial charge on any atom is -0.268 e. The van der Waals surface area contributed by atoms with E-state index in [9.17, 15) is 0 Å². The molecule has 0 N–H and O–H groups in total. The van der Waals surface area contributed by atoms with Crippen LogP contribution in [0.3, 0.4) is 0 Å². The molecule has 0 aliphatic carbocycles. The predicted molar refractivity (Wildman–Crippen MR) is 111 cm³/mol. The number of fused-ring (bicyclic) bond motifs is 2. The molecule has 0 atom stereocenters. The van der Waals surface area contributed by atoms with Crippen molar-refractivity contribution in [2.24, 2.45) is 0 Å². The number of pyridine rings is 2. The highest BCUT2D eigenvalue weighted by molar-refractivity contribution is 5.86. The van der Waals surface area contributed by atoms with Gasteiger partial charge in [-0.1, -0.05) is 0 Å². The molecule has 4 aromatic rings. The monoisotopic (exact) mass is 381 g/mol. The summed E-state index contributed by atoms with van der Waals surface area (Å²) in [5, 5.41) is 9.31. The summed E-state index contributed by atoms with van der Waals surface area (Å²) in [5.41, 5.74) is 8.71. The van der Waals surface area contributed by atoms with Gasteiger partial charge < -0.3 is 0 Å². The summed E-state index contributed by atoms with van der Waals surface area (Å²) in [4.78, 5) is 12.5. The highest BCUT2D eigenvalue weighted by Gasteiger charge is 2.26. The Balaban J connectivity index is 1.83. The normalized spacial score (nSPS) is 13.3. The second-order valence-electron chi connectivity index (χ2n) is 7.28. The number of nitrogens with zero attached hydrogens (tertiary/aromatic N) is 7. The fourth-order valence-electron chi connectivity index (χ4n) is 4.14. The van der Waals surface area contributed by atoms with Crippen LogP contribution in [0.15, 0.2) is 36.8 Å². The van der Waals surface area contributed by atoms with Gasteiger partial charge in [0.2, 0.25) is 0 Å². The highest BCUT2D eigenvalue weighted by Crippen LogP contribution is 2.39. The van der Waals surface area contributed by atoms with E-state index in [-0.39, 0.29) is 0 Å². The molecular weight excluding hydrogens is 362 g/mol. The summed E-state index contributed by atoms with van der Waals surface area (Å²) in [6.07, 6.45) is 6.83. The minimum absolute atomic E-state index is 0.744. The first-order valence-electron chi connectivity index (χ1n) is 9.57. The van der Waals surface area contributed by atoms with Crippen LogP contribution in [0.5, 0.6) is 0 Å². The quantitative estimate of drug-likeness (QED) is 0.501. The van der Waals surface area contributed by atoms with E-state index in [1.165, 1.54) is 18.2 Å². The van der Waals surface area contributed by atoms with Gasteiger partial charge in [0.25, 0.3) is 0 Å². The van der Waals surface area contributed by atoms with Gasteiger partial charge in [0.15, 0.2) is 11.8 Å². The molecule has 0 spiro atoms. The molecule has 0 radical (unpaired) electrons. The van der Waals surface area contributed by atoms with E-state index in [0.717, 1.165) is 64.5 Å². The van der Waals surface area contributed by atoms with E-state index in [0.29, 0.717) is 0 Å². The number of aromatic nitrogens is 6. The molecule has 0 amide bonds. The van der Waals surface area contributed by atoms with Crippen molar-refractivity contribution in [1.82, 2.24) is 29.4 Å². The maximum Gasteiger partial charge on any atom is 0.156 e. The Labute approximate surface area is 168 Å². The molecule has 7 heteroatoms. The molecule has 4 aromatic heterocycles. The van der Waals surface area contributed by atoms with Crippen molar-refractivity contribution in [1.29, 1.82) is 0 Å². The summed E-state index contributed by atoms with van der Waals surface area (Å²) in [6, 6.07) is 8.15. The Kier molecular flexibility index (Phi) is 3.98. The maximum absolute atomic E-state index is 7.18. The molecule has 0 saturated carbocycles. The van der Waals surface area contributed by atoms with Crippen LogP contribution in [-0.2, 0) is 13.0 Å². The molecule has 5 heterocycles. The van der Waals surface area contributed by atoms with Gasteiger partial charge in [0, 0.05) is 29.1 Å². The molecule has 1 aliphatic rings. The lowest BCUT2D eigenvalue weighted by Gasteiger charge is -2.11. The third-order valence-electron chi connectivity index (χ3n) is 5.24. The molecule has 7 nitrogen and oxygen atoms in total. The van der Waals surface area contributed by atoms with E-state index < -0.39 is 0 Å². The largest absolute Gasteiger partial charge is 0.268 e. The Hall–Kier alpha value is -3.79. The molecule has 142 valence electrons. The maximum atomic E-state index is 7.18. The second kappa shape index (κ2) is 6.67. The van der Waals surface area contributed by atoms with Crippen LogP contribution in [0, 0.1) is 20.4 Å². The average Bonchev–Trinajstić information content (AvgIpc) is 3.40. The number of rotatable bonds is 3. The Morgan fingerprint density at radius 2 is 2.10 bits per heavy atom. The van der Waals surface area contributed by atoms with Crippen LogP contribution in [-0.4, -0.2) is 29.4 Å². The van der Waals surface area contributed by atoms with Gasteiger partial charge in [0.1, 0.15) is 12.0 Å². The van der Waals surface area contributed by atoms with Gasteiger partial charge in [0.05, 0.1) is 18.0 Å². The lowest BCUT2D eigenvalue weighted by atomic mass is 9.97. The van der Waals surface area contributed by atoms with E-state index in [2.05, 4.69) is 44.7 Å². The van der Waals surface area contributed by atoms with Crippen molar-refractivity contribution in [3.05, 3.63) is 70.9 Å². The third kappa shape index (κ3) is 2.81. The van der Waals surface area contributed by atoms with Crippen molar-refractivity contribution >= 4 is 11.7 Å². The minimum atomic E-state index is 0.744. The molecule has 0 bridgehead atoms. The van der Waals surface area contributed by atoms with Crippen molar-refractivity contribution in [3.63, 3.8) is 0 Å². The SMILES string of the molecule is [C-]#[N+]/C=C/c1c(-c2c(-c3cc(C)cc(C)n3)nn3c2CCC3)ccc2ncnn12. The van der Waals surface area contributed by atoms with Crippen molar-refractivity contribution < 1.29 is 0 Å². The zero-order valence-corrected chi connectivity index (χ0v) is 16.3. The molecular formula is C22H19N7. The van der Waals surface area contributed by atoms with Crippen LogP contribution in [0.2, 0.25) is 0 Å². The molecule has 0 saturated heterocycles. The fraction of sp³-hybridized carbons (Fsp3) is 0.227. The van der Waals surface area contributed by atoms with Crippen molar-refractivity contribution in [2.75, 3.05) is 0 Å². The fourth-order valence-corrected chi connectivity index (χ4v) is 4.14. The van der Waals surface area contributed by atoms with Crippen LogP contribution in [0.25, 0.3) is 39.1 Å². The average molecular weight is 381 g/mol. The molecule has 0 aromatic carbocycles. The van der Waals surface area contributed by atoms with Gasteiger partial charge in [-0.25, -0.2) is 14.3 Å². The lowest BCUT2D eigenvalue weighted by molar-refractivity contribution is 0.658. The standard InChI is InChI=1S/C22H19N7/c1-14-11-15(2)26-17(12-14)22-21(19-5-4-10-28(19)27-22)16-6-7-20-24-13-25-29(20)18(16)8-9-23-3/h6-9,11-13H,4-5,10H2,1-2H3/b9-8+. The van der Waals surface area contributed by atoms with Gasteiger partial charge in [-0.3, -0.25) is 9.67 Å². The van der Waals surface area contributed by atoms with Crippen molar-refractivity contribution in [2.45, 2.75) is 33.2 Å². The van der Waals surface area contributed by atoms with Crippen LogP contribution < -0.4 is 0 Å². The van der Waals surface area contributed by atoms with E-state index in [1.807, 2.05) is 13.0 Å². The van der Waals surface area contributed by atoms with Gasteiger partial charge in [-0.05, 0) is 62.6 Å². The second-order valence-corrected chi connectivity index (χ2v) is 7.28. The van der Waals surface area contributed by atoms with Gasteiger partial charge >= 0.3 is 0 Å². The number of aryl methyl sites for hydroxylation is 3. The molecule has 0 unspecified atom stereocenters. The van der Waals surface area contributed by atoms with Crippen LogP contribution >= 0.6 is 0 Å². The zero-order chi connectivity index (χ0) is 20.0. The molecule has 1 aliphatic heterocycles. The van der Waals surface area contributed by atoms with E-state index in [1.54, 1.807) is 10.6 Å². The third-order valence-corrected chi connectivity index (χ3v) is 5.24. The Bertz CT molecular complexity index is 1300. The number of hydrogen-bond donors (Lipinski definition) is 0. The Morgan fingerprint density at radius 1 is 1.21 bits per heavy atom. The van der Waals surface area contributed by atoms with E-state index >= 15 is 0 Å². The molecule has 5 rings (SSSR count). The summed E-state index contributed by atoms with van der Waals surface area (Å²) < 4.78 is 3.87. The van der Waals surface area contributed by atoms with Crippen molar-refractivity contribution in [3.8, 4) is 22.5 Å². The lowest BCUT2D eigenvalue weighted by Crippen LogP contribution is -1.99. The first-order valence-corrected chi connectivity index (χ1v) is 9.57. The van der Waals surface area contributed by atoms with Gasteiger partial charge in [-0.15, -0.1) is 0 Å². The first-order chi connectivity index (χ1) is 14.2. The predicted octanol–water partition coefficient (Wildman–Crippen LogP) is 4.11. The van der Waals surface area contributed by atoms with Crippen LogP contribution in [0.4, 0.5) is 0 Å². The summed E-state index contributed by atoms with van der Waals surface area (Å²) >= 11 is 0. The number of hydrogen-bond acceptors (Lipinski definition) is 4. The Morgan fingerprint density at radius 3 is 2.93 bits per heavy atom. The smallest absolute Gasteiger partial charge is 0.156 e. The van der Waals surface area contributed by atoms with E-state index in [4.69, 9.17) is 16.7 Å². The van der Waals surface area contributed by atoms with Crippen LogP contribution in [0.1, 0.15) is 29.1 Å². The summed E-state index contributed by atoms with van der Waals surface area (Å²) in [6.45, 7) is 12.2. The highest BCUT2D eigenvalue weighted by atomic mass is 15.3. The zero-order valence-electron chi connectivity index (χ0n) is 16.3. The van der Waals surface area contributed by atoms with Gasteiger partial charge in [-0.2, -0.15) is 10.2 Å². The molecule has 0 fully saturated rings. The molecule has 29 heavy (non-hydrogen) atoms.